The average Bonchev–Trinajstić information content (AvgIpc) is 2.81. The minimum Gasteiger partial charge on any atom is -0.490 e. The fraction of sp³-hybridized carbons (Fsp3) is 0.462. The van der Waals surface area contributed by atoms with Crippen LogP contribution in [-0.4, -0.2) is 61.3 Å². The number of hydrogen-bond donors (Lipinski definition) is 0. The van der Waals surface area contributed by atoms with Crippen LogP contribution in [0, 0.1) is 0 Å². The van der Waals surface area contributed by atoms with Gasteiger partial charge < -0.3 is 9.47 Å². The van der Waals surface area contributed by atoms with E-state index in [1.54, 1.807) is 0 Å². The van der Waals surface area contributed by atoms with Crippen molar-refractivity contribution in [3.8, 4) is 5.75 Å². The van der Waals surface area contributed by atoms with E-state index in [2.05, 4.69) is 34.1 Å². The minimum atomic E-state index is 0.125. The highest BCUT2D eigenvalue weighted by molar-refractivity contribution is 6.30. The molecule has 2 aliphatic heterocycles. The van der Waals surface area contributed by atoms with E-state index in [4.69, 9.17) is 21.1 Å². The first-order valence-electron chi connectivity index (χ1n) is 11.4. The van der Waals surface area contributed by atoms with Crippen LogP contribution in [-0.2, 0) is 11.3 Å². The van der Waals surface area contributed by atoms with Gasteiger partial charge in [0.2, 0.25) is 0 Å². The molecular weight excluding hydrogens is 408 g/mol. The number of ether oxygens (including phenoxy) is 2. The van der Waals surface area contributed by atoms with Gasteiger partial charge in [0.25, 0.3) is 0 Å². The summed E-state index contributed by atoms with van der Waals surface area (Å²) in [6, 6.07) is 17.1. The third-order valence-electron chi connectivity index (χ3n) is 6.25. The van der Waals surface area contributed by atoms with Crippen molar-refractivity contribution in [3.63, 3.8) is 0 Å². The number of hydrogen-bond acceptors (Lipinski definition) is 4. The van der Waals surface area contributed by atoms with Crippen molar-refractivity contribution in [1.29, 1.82) is 0 Å². The molecular formula is C26H33ClN2O2. The van der Waals surface area contributed by atoms with Crippen LogP contribution in [0.15, 0.2) is 54.6 Å². The Labute approximate surface area is 191 Å². The summed E-state index contributed by atoms with van der Waals surface area (Å²) in [6.07, 6.45) is 6.68. The van der Waals surface area contributed by atoms with Crippen LogP contribution in [0.4, 0.5) is 0 Å². The summed E-state index contributed by atoms with van der Waals surface area (Å²) in [6.45, 7) is 8.68. The first-order chi connectivity index (χ1) is 15.2. The molecule has 2 aromatic rings. The number of nitrogens with zero attached hydrogens (tertiary/aromatic N) is 2. The summed E-state index contributed by atoms with van der Waals surface area (Å²) in [5.74, 6) is 0.928. The quantitative estimate of drug-likeness (QED) is 0.596. The van der Waals surface area contributed by atoms with E-state index in [1.807, 2.05) is 43.3 Å². The number of likely N-dealkylation sites (tertiary alicyclic amines) is 1. The van der Waals surface area contributed by atoms with Crippen LogP contribution in [0.2, 0.25) is 5.02 Å². The highest BCUT2D eigenvalue weighted by Gasteiger charge is 2.29. The summed E-state index contributed by atoms with van der Waals surface area (Å²) in [5.41, 5.74) is 2.45. The fourth-order valence-electron chi connectivity index (χ4n) is 4.58. The first-order valence-corrected chi connectivity index (χ1v) is 11.8. The van der Waals surface area contributed by atoms with Gasteiger partial charge in [0, 0.05) is 36.3 Å². The van der Waals surface area contributed by atoms with Crippen molar-refractivity contribution >= 4 is 17.7 Å². The van der Waals surface area contributed by atoms with Crippen LogP contribution >= 0.6 is 11.6 Å². The lowest BCUT2D eigenvalue weighted by atomic mass is 10.0. The number of benzene rings is 2. The van der Waals surface area contributed by atoms with Crippen LogP contribution in [0.5, 0.6) is 5.75 Å². The van der Waals surface area contributed by atoms with Crippen LogP contribution in [0.1, 0.15) is 30.9 Å². The van der Waals surface area contributed by atoms with E-state index in [0.717, 1.165) is 55.7 Å². The maximum absolute atomic E-state index is 6.14. The molecule has 4 rings (SSSR count). The number of allylic oxidation sites excluding steroid dienone is 1. The molecule has 0 amide bonds. The molecule has 1 atom stereocenters. The second kappa shape index (κ2) is 11.1. The summed E-state index contributed by atoms with van der Waals surface area (Å²) in [7, 11) is 0. The fourth-order valence-corrected chi connectivity index (χ4v) is 4.70. The van der Waals surface area contributed by atoms with Gasteiger partial charge in [0.05, 0.1) is 6.61 Å². The second-order valence-electron chi connectivity index (χ2n) is 8.47. The van der Waals surface area contributed by atoms with Gasteiger partial charge in [-0.3, -0.25) is 9.80 Å². The van der Waals surface area contributed by atoms with Crippen molar-refractivity contribution in [2.75, 3.05) is 39.4 Å². The van der Waals surface area contributed by atoms with E-state index in [-0.39, 0.29) is 6.10 Å². The Morgan fingerprint density at radius 3 is 2.61 bits per heavy atom. The van der Waals surface area contributed by atoms with Crippen molar-refractivity contribution in [2.45, 2.75) is 38.5 Å². The van der Waals surface area contributed by atoms with Gasteiger partial charge in [0.1, 0.15) is 18.5 Å². The largest absolute Gasteiger partial charge is 0.490 e. The number of halogens is 1. The molecule has 0 saturated carbocycles. The molecule has 2 saturated heterocycles. The summed E-state index contributed by atoms with van der Waals surface area (Å²) in [5, 5.41) is 0.804. The summed E-state index contributed by atoms with van der Waals surface area (Å²) >= 11 is 6.01. The second-order valence-corrected chi connectivity index (χ2v) is 8.91. The van der Waals surface area contributed by atoms with Gasteiger partial charge in [-0.25, -0.2) is 0 Å². The highest BCUT2D eigenvalue weighted by Crippen LogP contribution is 2.23. The number of para-hydroxylation sites is 1. The molecule has 2 heterocycles. The van der Waals surface area contributed by atoms with Gasteiger partial charge in [-0.1, -0.05) is 54.1 Å². The van der Waals surface area contributed by atoms with E-state index < -0.39 is 0 Å². The van der Waals surface area contributed by atoms with Gasteiger partial charge >= 0.3 is 0 Å². The Bertz CT molecular complexity index is 847. The topological polar surface area (TPSA) is 24.9 Å². The third kappa shape index (κ3) is 6.33. The zero-order valence-corrected chi connectivity index (χ0v) is 19.1. The smallest absolute Gasteiger partial charge is 0.126 e. The third-order valence-corrected chi connectivity index (χ3v) is 6.51. The van der Waals surface area contributed by atoms with Gasteiger partial charge in [-0.15, -0.1) is 0 Å². The van der Waals surface area contributed by atoms with Gasteiger partial charge in [0.15, 0.2) is 0 Å². The zero-order valence-electron chi connectivity index (χ0n) is 18.4. The molecule has 2 aromatic carbocycles. The van der Waals surface area contributed by atoms with Crippen LogP contribution in [0.25, 0.3) is 6.08 Å². The molecule has 166 valence electrons. The van der Waals surface area contributed by atoms with E-state index in [9.17, 15) is 0 Å². The molecule has 4 nitrogen and oxygen atoms in total. The molecule has 31 heavy (non-hydrogen) atoms. The molecule has 0 N–H and O–H groups in total. The molecule has 2 fully saturated rings. The van der Waals surface area contributed by atoms with Crippen molar-refractivity contribution in [3.05, 3.63) is 70.8 Å². The summed E-state index contributed by atoms with van der Waals surface area (Å²) in [4.78, 5) is 5.17. The van der Waals surface area contributed by atoms with Crippen LogP contribution in [0.3, 0.4) is 0 Å². The Hall–Kier alpha value is -1.85. The molecule has 1 unspecified atom stereocenters. The molecule has 0 bridgehead atoms. The van der Waals surface area contributed by atoms with Gasteiger partial charge in [-0.05, 0) is 56.6 Å². The lowest BCUT2D eigenvalue weighted by molar-refractivity contribution is -0.0674. The Morgan fingerprint density at radius 2 is 1.84 bits per heavy atom. The molecule has 0 aromatic heterocycles. The lowest BCUT2D eigenvalue weighted by Gasteiger charge is -2.42. The normalized spacial score (nSPS) is 21.5. The van der Waals surface area contributed by atoms with Crippen LogP contribution < -0.4 is 4.74 Å². The predicted octanol–water partition coefficient (Wildman–Crippen LogP) is 5.12. The van der Waals surface area contributed by atoms with Gasteiger partial charge in [-0.2, -0.15) is 0 Å². The predicted molar refractivity (Wildman–Crippen MR) is 128 cm³/mol. The minimum absolute atomic E-state index is 0.125. The molecule has 2 aliphatic rings. The Kier molecular flexibility index (Phi) is 8.03. The zero-order chi connectivity index (χ0) is 21.5. The Morgan fingerprint density at radius 1 is 1.06 bits per heavy atom. The van der Waals surface area contributed by atoms with E-state index >= 15 is 0 Å². The molecule has 5 heteroatoms. The number of morpholine rings is 1. The SMILES string of the molecule is CC=Cc1ccccc1OCC1CN(C2CCN(Cc3ccc(Cl)cc3)CC2)CCO1. The Balaban J connectivity index is 1.24. The van der Waals surface area contributed by atoms with E-state index in [1.165, 1.54) is 18.4 Å². The average molecular weight is 441 g/mol. The molecule has 0 radical (unpaired) electrons. The maximum atomic E-state index is 6.14. The highest BCUT2D eigenvalue weighted by atomic mass is 35.5. The van der Waals surface area contributed by atoms with Crippen molar-refractivity contribution in [2.24, 2.45) is 0 Å². The summed E-state index contributed by atoms with van der Waals surface area (Å²) < 4.78 is 12.2. The lowest BCUT2D eigenvalue weighted by Crippen LogP contribution is -2.52. The number of rotatable bonds is 7. The molecule has 0 spiro atoms. The van der Waals surface area contributed by atoms with Crippen molar-refractivity contribution in [1.82, 2.24) is 9.80 Å². The maximum Gasteiger partial charge on any atom is 0.126 e. The monoisotopic (exact) mass is 440 g/mol. The van der Waals surface area contributed by atoms with E-state index in [0.29, 0.717) is 12.6 Å². The molecule has 0 aliphatic carbocycles. The standard InChI is InChI=1S/C26H33ClN2O2/c1-2-5-22-6-3-4-7-26(22)31-20-25-19-29(16-17-30-25)24-12-14-28(15-13-24)18-21-8-10-23(27)11-9-21/h2-11,24-25H,12-20H2,1H3. The van der Waals surface area contributed by atoms with Crippen molar-refractivity contribution < 1.29 is 9.47 Å². The first kappa shape index (κ1) is 22.3. The number of piperidine rings is 1.